The molecule has 0 bridgehead atoms. The summed E-state index contributed by atoms with van der Waals surface area (Å²) in [6, 6.07) is 12.2. The van der Waals surface area contributed by atoms with Crippen LogP contribution < -0.4 is 10.6 Å². The topological polar surface area (TPSA) is 92.9 Å². The minimum absolute atomic E-state index is 0.00180. The maximum atomic E-state index is 14.8. The maximum Gasteiger partial charge on any atom is 0.242 e. The number of halogens is 2. The number of benzene rings is 2. The smallest absolute Gasteiger partial charge is 0.242 e. The summed E-state index contributed by atoms with van der Waals surface area (Å²) in [5.74, 6) is -0.811. The number of hydrogen-bond acceptors (Lipinski definition) is 4. The van der Waals surface area contributed by atoms with Gasteiger partial charge in [-0.1, -0.05) is 57.9 Å². The maximum absolute atomic E-state index is 14.8. The molecule has 1 fully saturated rings. The van der Waals surface area contributed by atoms with Crippen molar-refractivity contribution in [3.05, 3.63) is 75.2 Å². The Bertz CT molecular complexity index is 1290. The van der Waals surface area contributed by atoms with Crippen LogP contribution in [0.25, 0.3) is 0 Å². The van der Waals surface area contributed by atoms with Crippen LogP contribution in [-0.4, -0.2) is 66.8 Å². The van der Waals surface area contributed by atoms with E-state index in [1.807, 2.05) is 30.3 Å². The molecule has 0 radical (unpaired) electrons. The van der Waals surface area contributed by atoms with E-state index in [9.17, 15) is 14.4 Å². The minimum atomic E-state index is -1.26. The number of fused-ring (bicyclic) bond motifs is 2. The zero-order valence-electron chi connectivity index (χ0n) is 21.7. The molecule has 2 N–H and O–H groups in total. The molecule has 2 aliphatic heterocycles. The van der Waals surface area contributed by atoms with Crippen molar-refractivity contribution in [1.82, 2.24) is 4.90 Å². The number of ether oxygens (including phenoxy) is 1. The van der Waals surface area contributed by atoms with E-state index in [4.69, 9.17) is 22.1 Å². The summed E-state index contributed by atoms with van der Waals surface area (Å²) in [6.45, 7) is 6.25. The lowest BCUT2D eigenvalue weighted by Crippen LogP contribution is -2.65. The Kier molecular flexibility index (Phi) is 8.62. The van der Waals surface area contributed by atoms with Crippen molar-refractivity contribution in [1.29, 1.82) is 0 Å². The van der Waals surface area contributed by atoms with Crippen LogP contribution >= 0.6 is 27.5 Å². The quantitative estimate of drug-likeness (QED) is 0.261. The van der Waals surface area contributed by atoms with Gasteiger partial charge in [0.1, 0.15) is 17.9 Å². The van der Waals surface area contributed by atoms with Crippen LogP contribution in [0.15, 0.2) is 59.1 Å². The number of nitrogens with two attached hydrogens (primary N) is 1. The van der Waals surface area contributed by atoms with Gasteiger partial charge in [-0.3, -0.25) is 19.3 Å². The third-order valence-electron chi connectivity index (χ3n) is 7.19. The van der Waals surface area contributed by atoms with Gasteiger partial charge in [0, 0.05) is 21.8 Å². The molecule has 0 aliphatic carbocycles. The van der Waals surface area contributed by atoms with Crippen LogP contribution in [0.1, 0.15) is 30.4 Å². The van der Waals surface area contributed by atoms with Gasteiger partial charge in [-0.25, -0.2) is 0 Å². The average Bonchev–Trinajstić information content (AvgIpc) is 3.06. The molecular formula is C28H32BrClN3O4S+. The van der Waals surface area contributed by atoms with Crippen LogP contribution in [0.3, 0.4) is 0 Å². The van der Waals surface area contributed by atoms with E-state index in [0.717, 1.165) is 21.4 Å². The summed E-state index contributed by atoms with van der Waals surface area (Å²) < 4.78 is 6.80. The summed E-state index contributed by atoms with van der Waals surface area (Å²) in [6.07, 6.45) is 4.29. The van der Waals surface area contributed by atoms with Gasteiger partial charge in [-0.2, -0.15) is 0 Å². The monoisotopic (exact) mass is 620 g/mol. The van der Waals surface area contributed by atoms with Crippen molar-refractivity contribution >= 4 is 61.8 Å². The highest BCUT2D eigenvalue weighted by Crippen LogP contribution is 2.58. The van der Waals surface area contributed by atoms with Gasteiger partial charge in [0.05, 0.1) is 37.4 Å². The number of anilines is 1. The molecule has 0 saturated carbocycles. The van der Waals surface area contributed by atoms with E-state index in [1.54, 1.807) is 24.0 Å². The fraction of sp³-hybridized carbons (Fsp3) is 0.393. The molecule has 2 aliphatic rings. The van der Waals surface area contributed by atoms with E-state index < -0.39 is 23.3 Å². The first-order chi connectivity index (χ1) is 18.0. The molecule has 2 heterocycles. The number of hydrogen-bond donors (Lipinski definition) is 1. The van der Waals surface area contributed by atoms with Crippen LogP contribution in [0, 0.1) is 0 Å². The fourth-order valence-electron chi connectivity index (χ4n) is 5.78. The van der Waals surface area contributed by atoms with E-state index in [0.29, 0.717) is 22.9 Å². The van der Waals surface area contributed by atoms with Crippen LogP contribution in [0.5, 0.6) is 0 Å². The van der Waals surface area contributed by atoms with E-state index >= 15 is 0 Å². The molecule has 0 unspecified atom stereocenters. The predicted octanol–water partition coefficient (Wildman–Crippen LogP) is 3.99. The Labute approximate surface area is 239 Å². The second-order valence-electron chi connectivity index (χ2n) is 10.0. The van der Waals surface area contributed by atoms with Crippen molar-refractivity contribution in [2.45, 2.75) is 30.7 Å². The summed E-state index contributed by atoms with van der Waals surface area (Å²) >= 11 is 9.95. The highest BCUT2D eigenvalue weighted by atomic mass is 79.9. The van der Waals surface area contributed by atoms with E-state index in [-0.39, 0.29) is 42.4 Å². The normalized spacial score (nSPS) is 22.9. The third-order valence-corrected chi connectivity index (χ3v) is 8.90. The van der Waals surface area contributed by atoms with Gasteiger partial charge in [-0.15, -0.1) is 0 Å². The first-order valence-electron chi connectivity index (χ1n) is 12.2. The molecule has 7 nitrogen and oxygen atoms in total. The Hall–Kier alpha value is -2.33. The number of carbonyl (C=O) groups excluding carboxylic acids is 3. The van der Waals surface area contributed by atoms with Crippen LogP contribution in [0.4, 0.5) is 5.69 Å². The summed E-state index contributed by atoms with van der Waals surface area (Å²) in [5, 5.41) is 0.507. The molecule has 1 spiro atoms. The number of carbonyl (C=O) groups is 3. The largest absolute Gasteiger partial charge is 0.368 e. The van der Waals surface area contributed by atoms with Crippen molar-refractivity contribution in [2.75, 3.05) is 43.0 Å². The number of piperidine rings is 1. The van der Waals surface area contributed by atoms with E-state index in [1.165, 1.54) is 4.90 Å². The Morgan fingerprint density at radius 1 is 1.26 bits per heavy atom. The molecule has 1 saturated heterocycles. The predicted molar refractivity (Wildman–Crippen MR) is 157 cm³/mol. The third kappa shape index (κ3) is 5.13. The van der Waals surface area contributed by atoms with Crippen LogP contribution in [-0.2, 0) is 35.4 Å². The first-order valence-corrected chi connectivity index (χ1v) is 15.6. The Balaban J connectivity index is 1.95. The van der Waals surface area contributed by atoms with Gasteiger partial charge in [0.15, 0.2) is 0 Å². The molecule has 3 amide bonds. The average molecular weight is 622 g/mol. The number of rotatable bonds is 9. The number of amides is 3. The molecule has 2 aromatic carbocycles. The van der Waals surface area contributed by atoms with Crippen LogP contribution in [0.2, 0.25) is 5.02 Å². The van der Waals surface area contributed by atoms with Crippen molar-refractivity contribution in [3.8, 4) is 0 Å². The highest BCUT2D eigenvalue weighted by Gasteiger charge is 2.65. The molecular weight excluding hydrogens is 590 g/mol. The van der Waals surface area contributed by atoms with Gasteiger partial charge in [-0.05, 0) is 53.2 Å². The van der Waals surface area contributed by atoms with Gasteiger partial charge < -0.3 is 15.4 Å². The molecule has 4 rings (SSSR count). The number of likely N-dealkylation sites (tertiary alicyclic amines) is 1. The van der Waals surface area contributed by atoms with Crippen molar-refractivity contribution in [2.24, 2.45) is 5.73 Å². The van der Waals surface area contributed by atoms with Gasteiger partial charge in [0.25, 0.3) is 0 Å². The van der Waals surface area contributed by atoms with Gasteiger partial charge in [0.2, 0.25) is 17.7 Å². The van der Waals surface area contributed by atoms with E-state index in [2.05, 4.69) is 35.0 Å². The fourth-order valence-corrected chi connectivity index (χ4v) is 6.77. The number of nitrogens with zero attached hydrogens (tertiary/aromatic N) is 2. The van der Waals surface area contributed by atoms with Gasteiger partial charge >= 0.3 is 0 Å². The molecule has 38 heavy (non-hydrogen) atoms. The second kappa shape index (κ2) is 11.4. The summed E-state index contributed by atoms with van der Waals surface area (Å²) in [7, 11) is 0.206. The SMILES string of the molecule is C=C(C)[C@H]1N(CC(N)=O)C(=O)C[C@@H](c2cccc(Cl)c2)[C@]12C(=O)N(COCC[S+](C)C)c1cc(Br)ccc12. The lowest BCUT2D eigenvalue weighted by Gasteiger charge is -2.51. The second-order valence-corrected chi connectivity index (χ2v) is 13.8. The number of primary amides is 1. The Morgan fingerprint density at radius 2 is 2.00 bits per heavy atom. The molecule has 10 heteroatoms. The van der Waals surface area contributed by atoms with Crippen molar-refractivity contribution < 1.29 is 19.1 Å². The van der Waals surface area contributed by atoms with Crippen molar-refractivity contribution in [3.63, 3.8) is 0 Å². The summed E-state index contributed by atoms with van der Waals surface area (Å²) in [5.41, 5.74) is 7.11. The lowest BCUT2D eigenvalue weighted by atomic mass is 9.58. The first kappa shape index (κ1) is 28.7. The molecule has 3 atom stereocenters. The molecule has 2 aromatic rings. The lowest BCUT2D eigenvalue weighted by molar-refractivity contribution is -0.147. The molecule has 202 valence electrons. The minimum Gasteiger partial charge on any atom is -0.368 e. The standard InChI is InChI=1S/C28H31BrClN3O4S/c1-17(2)26-28(22(18-6-5-7-20(30)12-18)14-25(35)32(26)15-24(31)34)21-9-8-19(29)13-23(21)33(27(28)36)16-37-10-11-38(3)4/h5-9,12-13,22,26H,1,10-11,14-16H2,2-4H3,(H-,31,34)/p+1/t22-,26+,28-/m0/s1. The summed E-state index contributed by atoms with van der Waals surface area (Å²) in [4.78, 5) is 43.5. The zero-order chi connectivity index (χ0) is 27.8. The Morgan fingerprint density at radius 3 is 2.63 bits per heavy atom. The zero-order valence-corrected chi connectivity index (χ0v) is 24.9. The highest BCUT2D eigenvalue weighted by molar-refractivity contribution is 9.10. The molecule has 0 aromatic heterocycles.